The van der Waals surface area contributed by atoms with Gasteiger partial charge in [0.1, 0.15) is 5.70 Å². The Morgan fingerprint density at radius 2 is 2.17 bits per heavy atom. The number of allylic oxidation sites excluding steroid dienone is 4. The van der Waals surface area contributed by atoms with Gasteiger partial charge in [-0.05, 0) is 36.3 Å². The Bertz CT molecular complexity index is 443. The van der Waals surface area contributed by atoms with E-state index in [0.29, 0.717) is 12.1 Å². The van der Waals surface area contributed by atoms with Crippen LogP contribution in [0.15, 0.2) is 40.9 Å². The molecule has 18 heavy (non-hydrogen) atoms. The van der Waals surface area contributed by atoms with Crippen LogP contribution in [0.25, 0.3) is 0 Å². The van der Waals surface area contributed by atoms with Crippen molar-refractivity contribution in [3.8, 4) is 0 Å². The predicted molar refractivity (Wildman–Crippen MR) is 67.1 cm³/mol. The van der Waals surface area contributed by atoms with Crippen LogP contribution < -0.4 is 5.32 Å². The van der Waals surface area contributed by atoms with Gasteiger partial charge in [-0.2, -0.15) is 0 Å². The van der Waals surface area contributed by atoms with E-state index < -0.39 is 5.91 Å². The van der Waals surface area contributed by atoms with Gasteiger partial charge in [0.15, 0.2) is 0 Å². The zero-order valence-electron chi connectivity index (χ0n) is 10.4. The molecule has 0 radical (unpaired) electrons. The highest BCUT2D eigenvalue weighted by Gasteiger charge is 2.37. The highest BCUT2D eigenvalue weighted by atomic mass is 16.5. The normalized spacial score (nSPS) is 18.7. The number of hydrogen-bond acceptors (Lipinski definition) is 4. The largest absolute Gasteiger partial charge is 0.592 e. The second-order valence-corrected chi connectivity index (χ2v) is 4.47. The third-order valence-corrected chi connectivity index (χ3v) is 2.86. The topological polar surface area (TPSA) is 67.5 Å². The fourth-order valence-electron chi connectivity index (χ4n) is 1.71. The lowest BCUT2D eigenvalue weighted by molar-refractivity contribution is -0.449. The van der Waals surface area contributed by atoms with Crippen LogP contribution in [0.3, 0.4) is 0 Å². The number of nitrogens with one attached hydrogen (secondary N) is 1. The molecule has 0 atom stereocenters. The molecule has 2 rings (SSSR count). The molecular formula is C13H17N3O2. The average molecular weight is 247 g/mol. The molecule has 1 aliphatic heterocycles. The van der Waals surface area contributed by atoms with E-state index in [1.807, 2.05) is 19.1 Å². The molecule has 5 nitrogen and oxygen atoms in total. The maximum absolute atomic E-state index is 11.7. The first kappa shape index (κ1) is 12.5. The molecule has 0 saturated heterocycles. The molecule has 0 aromatic heterocycles. The van der Waals surface area contributed by atoms with E-state index in [0.717, 1.165) is 24.8 Å². The van der Waals surface area contributed by atoms with Crippen LogP contribution in [0.2, 0.25) is 0 Å². The number of amides is 1. The second-order valence-electron chi connectivity index (χ2n) is 4.47. The quantitative estimate of drug-likeness (QED) is 0.471. The molecule has 1 fully saturated rings. The van der Waals surface area contributed by atoms with Crippen molar-refractivity contribution in [3.05, 3.63) is 41.0 Å². The van der Waals surface area contributed by atoms with Gasteiger partial charge < -0.3 is 10.5 Å². The first-order valence-electron chi connectivity index (χ1n) is 6.27. The Kier molecular flexibility index (Phi) is 3.92. The maximum atomic E-state index is 11.7. The first-order valence-corrected chi connectivity index (χ1v) is 6.27. The molecule has 0 spiro atoms. The minimum Gasteiger partial charge on any atom is -0.592 e. The summed E-state index contributed by atoms with van der Waals surface area (Å²) in [7, 11) is 0. The summed E-state index contributed by atoms with van der Waals surface area (Å²) in [6.45, 7) is 2.02. The van der Waals surface area contributed by atoms with Crippen LogP contribution in [-0.2, 0) is 4.79 Å². The van der Waals surface area contributed by atoms with E-state index in [1.54, 1.807) is 12.4 Å². The lowest BCUT2D eigenvalue weighted by Crippen LogP contribution is -2.15. The SMILES string of the molecule is CCCC(N=[N+]([O-])C(=O)C1CC1)=C1C=CNC=C1. The summed E-state index contributed by atoms with van der Waals surface area (Å²) in [5.41, 5.74) is 1.54. The van der Waals surface area contributed by atoms with Crippen LogP contribution in [0, 0.1) is 11.1 Å². The first-order chi connectivity index (χ1) is 8.72. The molecule has 0 bridgehead atoms. The number of azo groups is 1. The van der Waals surface area contributed by atoms with Crippen molar-refractivity contribution >= 4 is 5.91 Å². The van der Waals surface area contributed by atoms with Crippen molar-refractivity contribution in [2.45, 2.75) is 32.6 Å². The highest BCUT2D eigenvalue weighted by Crippen LogP contribution is 2.30. The minimum atomic E-state index is -0.411. The van der Waals surface area contributed by atoms with Gasteiger partial charge in [-0.1, -0.05) is 13.3 Å². The zero-order valence-corrected chi connectivity index (χ0v) is 10.4. The lowest BCUT2D eigenvalue weighted by Gasteiger charge is -2.06. The second kappa shape index (κ2) is 5.62. The van der Waals surface area contributed by atoms with Crippen molar-refractivity contribution in [2.75, 3.05) is 0 Å². The Hall–Kier alpha value is -1.91. The zero-order chi connectivity index (χ0) is 13.0. The smallest absolute Gasteiger partial charge is 0.426 e. The summed E-state index contributed by atoms with van der Waals surface area (Å²) < 4.78 is 0. The van der Waals surface area contributed by atoms with Crippen LogP contribution in [0.1, 0.15) is 32.6 Å². The van der Waals surface area contributed by atoms with Gasteiger partial charge in [-0.3, -0.25) is 0 Å². The molecule has 1 saturated carbocycles. The summed E-state index contributed by atoms with van der Waals surface area (Å²) in [6, 6.07) is 0. The number of nitrogens with zero attached hydrogens (tertiary/aromatic N) is 2. The van der Waals surface area contributed by atoms with Crippen molar-refractivity contribution in [1.29, 1.82) is 0 Å². The summed E-state index contributed by atoms with van der Waals surface area (Å²) in [5, 5.41) is 18.5. The molecule has 1 N–H and O–H groups in total. The van der Waals surface area contributed by atoms with E-state index in [1.165, 1.54) is 0 Å². The maximum Gasteiger partial charge on any atom is 0.426 e. The minimum absolute atomic E-state index is 0.0989. The molecule has 1 heterocycles. The van der Waals surface area contributed by atoms with Gasteiger partial charge >= 0.3 is 5.91 Å². The van der Waals surface area contributed by atoms with Gasteiger partial charge in [-0.15, -0.1) is 0 Å². The van der Waals surface area contributed by atoms with E-state index in [-0.39, 0.29) is 10.8 Å². The van der Waals surface area contributed by atoms with Crippen LogP contribution in [-0.4, -0.2) is 10.8 Å². The van der Waals surface area contributed by atoms with E-state index in [2.05, 4.69) is 10.4 Å². The highest BCUT2D eigenvalue weighted by molar-refractivity contribution is 5.72. The third-order valence-electron chi connectivity index (χ3n) is 2.86. The molecule has 0 unspecified atom stereocenters. The molecule has 1 amide bonds. The third kappa shape index (κ3) is 3.06. The molecule has 96 valence electrons. The molecule has 2 aliphatic rings. The van der Waals surface area contributed by atoms with Gasteiger partial charge in [-0.25, -0.2) is 4.79 Å². The van der Waals surface area contributed by atoms with E-state index in [9.17, 15) is 10.0 Å². The fourth-order valence-corrected chi connectivity index (χ4v) is 1.71. The van der Waals surface area contributed by atoms with Crippen molar-refractivity contribution in [1.82, 2.24) is 5.32 Å². The number of dihydropyridines is 1. The summed E-state index contributed by atoms with van der Waals surface area (Å²) in [6.07, 6.45) is 10.4. The van der Waals surface area contributed by atoms with Gasteiger partial charge in [0, 0.05) is 23.1 Å². The van der Waals surface area contributed by atoms with Crippen LogP contribution in [0.4, 0.5) is 0 Å². The van der Waals surface area contributed by atoms with E-state index in [4.69, 9.17) is 0 Å². The number of carbonyl (C=O) groups excluding carboxylic acids is 1. The Morgan fingerprint density at radius 3 is 2.72 bits per heavy atom. The standard InChI is InChI=1S/C13H17N3O2/c1-2-3-12(10-6-8-14-9-7-10)15-16(18)13(17)11-4-5-11/h6-9,11,14H,2-5H2,1H3. The van der Waals surface area contributed by atoms with Gasteiger partial charge in [0.2, 0.25) is 0 Å². The fraction of sp³-hybridized carbons (Fsp3) is 0.462. The number of carbonyl (C=O) groups is 1. The van der Waals surface area contributed by atoms with Crippen molar-refractivity contribution < 1.29 is 9.66 Å². The van der Waals surface area contributed by atoms with Crippen LogP contribution in [0.5, 0.6) is 0 Å². The predicted octanol–water partition coefficient (Wildman–Crippen LogP) is 2.57. The molecule has 5 heteroatoms. The summed E-state index contributed by atoms with van der Waals surface area (Å²) in [4.78, 5) is 11.8. The number of hydrogen-bond donors (Lipinski definition) is 1. The van der Waals surface area contributed by atoms with Crippen LogP contribution >= 0.6 is 0 Å². The lowest BCUT2D eigenvalue weighted by atomic mass is 10.1. The molecular weight excluding hydrogens is 230 g/mol. The average Bonchev–Trinajstić information content (AvgIpc) is 3.22. The van der Waals surface area contributed by atoms with E-state index >= 15 is 0 Å². The number of hydroxylamine groups is 1. The molecule has 1 aliphatic carbocycles. The molecule has 0 aromatic carbocycles. The Morgan fingerprint density at radius 1 is 1.50 bits per heavy atom. The summed E-state index contributed by atoms with van der Waals surface area (Å²) in [5.74, 6) is -0.510. The Balaban J connectivity index is 2.21. The summed E-state index contributed by atoms with van der Waals surface area (Å²) >= 11 is 0. The van der Waals surface area contributed by atoms with Crippen molar-refractivity contribution in [3.63, 3.8) is 0 Å². The number of rotatable bonds is 4. The van der Waals surface area contributed by atoms with Crippen molar-refractivity contribution in [2.24, 2.45) is 11.0 Å². The van der Waals surface area contributed by atoms with Gasteiger partial charge in [0.05, 0.1) is 5.92 Å². The molecule has 0 aromatic rings. The monoisotopic (exact) mass is 247 g/mol. The Labute approximate surface area is 106 Å². The van der Waals surface area contributed by atoms with Gasteiger partial charge in [0.25, 0.3) is 0 Å².